The number of hydrogen-bond acceptors (Lipinski definition) is 3. The lowest BCUT2D eigenvalue weighted by Crippen LogP contribution is -2.39. The quantitative estimate of drug-likeness (QED) is 0.842. The van der Waals surface area contributed by atoms with E-state index in [0.29, 0.717) is 6.54 Å². The lowest BCUT2D eigenvalue weighted by molar-refractivity contribution is -0.122. The third-order valence-electron chi connectivity index (χ3n) is 3.03. The van der Waals surface area contributed by atoms with E-state index in [1.54, 1.807) is 11.3 Å². The van der Waals surface area contributed by atoms with Crippen LogP contribution in [0.3, 0.4) is 0 Å². The lowest BCUT2D eigenvalue weighted by Gasteiger charge is -2.09. The molecule has 0 saturated carbocycles. The maximum atomic E-state index is 11.7. The Balaban J connectivity index is 1.84. The van der Waals surface area contributed by atoms with E-state index >= 15 is 0 Å². The number of thiophene rings is 1. The van der Waals surface area contributed by atoms with Gasteiger partial charge in [-0.1, -0.05) is 0 Å². The van der Waals surface area contributed by atoms with Gasteiger partial charge in [-0.05, 0) is 44.9 Å². The van der Waals surface area contributed by atoms with Gasteiger partial charge in [0.25, 0.3) is 0 Å². The Labute approximate surface area is 100 Å². The summed E-state index contributed by atoms with van der Waals surface area (Å²) in [4.78, 5) is 14.3. The fourth-order valence-corrected chi connectivity index (χ4v) is 2.94. The van der Waals surface area contributed by atoms with Gasteiger partial charge in [0.2, 0.25) is 5.91 Å². The van der Waals surface area contributed by atoms with Crippen molar-refractivity contribution in [1.82, 2.24) is 10.6 Å². The molecule has 4 heteroatoms. The second-order valence-electron chi connectivity index (χ2n) is 4.32. The predicted molar refractivity (Wildman–Crippen MR) is 66.7 cm³/mol. The van der Waals surface area contributed by atoms with E-state index in [2.05, 4.69) is 30.5 Å². The van der Waals surface area contributed by atoms with Crippen molar-refractivity contribution in [1.29, 1.82) is 0 Å². The van der Waals surface area contributed by atoms with Gasteiger partial charge in [0.15, 0.2) is 0 Å². The first-order chi connectivity index (χ1) is 7.66. The Hall–Kier alpha value is -0.870. The number of nitrogens with one attached hydrogen (secondary N) is 2. The molecule has 0 aromatic carbocycles. The summed E-state index contributed by atoms with van der Waals surface area (Å²) < 4.78 is 0. The first-order valence-corrected chi connectivity index (χ1v) is 6.55. The van der Waals surface area contributed by atoms with Crippen LogP contribution in [0.15, 0.2) is 6.07 Å². The van der Waals surface area contributed by atoms with Gasteiger partial charge in [0.1, 0.15) is 0 Å². The van der Waals surface area contributed by atoms with Gasteiger partial charge in [-0.3, -0.25) is 4.79 Å². The van der Waals surface area contributed by atoms with Gasteiger partial charge in [-0.15, -0.1) is 11.3 Å². The van der Waals surface area contributed by atoms with Crippen LogP contribution < -0.4 is 10.6 Å². The first kappa shape index (κ1) is 11.6. The number of aryl methyl sites for hydroxylation is 2. The summed E-state index contributed by atoms with van der Waals surface area (Å²) in [5.41, 5.74) is 1.31. The zero-order valence-electron chi connectivity index (χ0n) is 9.80. The fraction of sp³-hybridized carbons (Fsp3) is 0.583. The van der Waals surface area contributed by atoms with Crippen LogP contribution in [0.2, 0.25) is 0 Å². The molecule has 2 heterocycles. The van der Waals surface area contributed by atoms with Crippen LogP contribution >= 0.6 is 11.3 Å². The van der Waals surface area contributed by atoms with Crippen LogP contribution in [0.25, 0.3) is 0 Å². The molecule has 0 bridgehead atoms. The summed E-state index contributed by atoms with van der Waals surface area (Å²) in [6.45, 7) is 5.85. The highest BCUT2D eigenvalue weighted by Crippen LogP contribution is 2.20. The smallest absolute Gasteiger partial charge is 0.237 e. The van der Waals surface area contributed by atoms with E-state index in [1.165, 1.54) is 15.3 Å². The SMILES string of the molecule is Cc1cc(CNC(=O)[C@@H]2CCCN2)sc1C. The summed E-state index contributed by atoms with van der Waals surface area (Å²) in [5.74, 6) is 0.140. The number of rotatable bonds is 3. The van der Waals surface area contributed by atoms with Gasteiger partial charge in [-0.2, -0.15) is 0 Å². The number of amides is 1. The van der Waals surface area contributed by atoms with Crippen LogP contribution in [-0.4, -0.2) is 18.5 Å². The van der Waals surface area contributed by atoms with Crippen LogP contribution in [0, 0.1) is 13.8 Å². The molecule has 3 nitrogen and oxygen atoms in total. The van der Waals surface area contributed by atoms with Gasteiger partial charge in [0.05, 0.1) is 12.6 Å². The average molecular weight is 238 g/mol. The largest absolute Gasteiger partial charge is 0.350 e. The Bertz CT molecular complexity index is 361. The van der Waals surface area contributed by atoms with Crippen molar-refractivity contribution in [3.63, 3.8) is 0 Å². The molecule has 1 atom stereocenters. The maximum Gasteiger partial charge on any atom is 0.237 e. The van der Waals surface area contributed by atoms with Crippen molar-refractivity contribution in [2.45, 2.75) is 39.3 Å². The van der Waals surface area contributed by atoms with Gasteiger partial charge in [0, 0.05) is 9.75 Å². The Morgan fingerprint density at radius 2 is 2.44 bits per heavy atom. The number of hydrogen-bond donors (Lipinski definition) is 2. The number of carbonyl (C=O) groups is 1. The minimum absolute atomic E-state index is 0.0298. The summed E-state index contributed by atoms with van der Waals surface area (Å²) in [5, 5.41) is 6.19. The average Bonchev–Trinajstić information content (AvgIpc) is 2.86. The minimum atomic E-state index is 0.0298. The third kappa shape index (κ3) is 2.62. The van der Waals surface area contributed by atoms with Crippen molar-refractivity contribution in [2.75, 3.05) is 6.54 Å². The lowest BCUT2D eigenvalue weighted by atomic mass is 10.2. The highest BCUT2D eigenvalue weighted by atomic mass is 32.1. The third-order valence-corrected chi connectivity index (χ3v) is 4.18. The molecule has 88 valence electrons. The van der Waals surface area contributed by atoms with Crippen molar-refractivity contribution in [3.05, 3.63) is 21.4 Å². The molecule has 1 amide bonds. The van der Waals surface area contributed by atoms with E-state index in [4.69, 9.17) is 0 Å². The summed E-state index contributed by atoms with van der Waals surface area (Å²) in [7, 11) is 0. The molecule has 0 unspecified atom stereocenters. The topological polar surface area (TPSA) is 41.1 Å². The first-order valence-electron chi connectivity index (χ1n) is 5.74. The monoisotopic (exact) mass is 238 g/mol. The Kier molecular flexibility index (Phi) is 3.61. The van der Waals surface area contributed by atoms with Crippen molar-refractivity contribution in [2.24, 2.45) is 0 Å². The normalized spacial score (nSPS) is 20.0. The molecule has 0 aliphatic carbocycles. The summed E-state index contributed by atoms with van der Waals surface area (Å²) in [6.07, 6.45) is 2.07. The maximum absolute atomic E-state index is 11.7. The molecule has 0 radical (unpaired) electrons. The van der Waals surface area contributed by atoms with Crippen LogP contribution in [0.4, 0.5) is 0 Å². The van der Waals surface area contributed by atoms with E-state index < -0.39 is 0 Å². The minimum Gasteiger partial charge on any atom is -0.350 e. The molecule has 2 rings (SSSR count). The van der Waals surface area contributed by atoms with Gasteiger partial charge in [-0.25, -0.2) is 0 Å². The molecular weight excluding hydrogens is 220 g/mol. The summed E-state index contributed by atoms with van der Waals surface area (Å²) in [6, 6.07) is 2.18. The van der Waals surface area contributed by atoms with E-state index in [-0.39, 0.29) is 11.9 Å². The van der Waals surface area contributed by atoms with Crippen molar-refractivity contribution in [3.8, 4) is 0 Å². The standard InChI is InChI=1S/C12H18N2OS/c1-8-6-10(16-9(8)2)7-14-12(15)11-4-3-5-13-11/h6,11,13H,3-5,7H2,1-2H3,(H,14,15)/t11-/m0/s1. The van der Waals surface area contributed by atoms with Crippen LogP contribution in [0.5, 0.6) is 0 Å². The molecule has 0 spiro atoms. The molecule has 1 aromatic rings. The molecule has 1 aromatic heterocycles. The Morgan fingerprint density at radius 3 is 3.00 bits per heavy atom. The highest BCUT2D eigenvalue weighted by molar-refractivity contribution is 7.12. The Morgan fingerprint density at radius 1 is 1.62 bits per heavy atom. The zero-order chi connectivity index (χ0) is 11.5. The number of carbonyl (C=O) groups excluding carboxylic acids is 1. The fourth-order valence-electron chi connectivity index (χ4n) is 1.94. The molecular formula is C12H18N2OS. The molecule has 16 heavy (non-hydrogen) atoms. The zero-order valence-corrected chi connectivity index (χ0v) is 10.6. The van der Waals surface area contributed by atoms with Crippen LogP contribution in [0.1, 0.15) is 28.2 Å². The van der Waals surface area contributed by atoms with E-state index in [0.717, 1.165) is 19.4 Å². The van der Waals surface area contributed by atoms with Gasteiger partial charge < -0.3 is 10.6 Å². The molecule has 1 aliphatic heterocycles. The van der Waals surface area contributed by atoms with Crippen molar-refractivity contribution < 1.29 is 4.79 Å². The predicted octanol–water partition coefficient (Wildman–Crippen LogP) is 1.73. The van der Waals surface area contributed by atoms with Gasteiger partial charge >= 0.3 is 0 Å². The van der Waals surface area contributed by atoms with E-state index in [1.807, 2.05) is 0 Å². The molecule has 2 N–H and O–H groups in total. The molecule has 1 fully saturated rings. The van der Waals surface area contributed by atoms with Crippen LogP contribution in [-0.2, 0) is 11.3 Å². The van der Waals surface area contributed by atoms with E-state index in [9.17, 15) is 4.79 Å². The molecule has 1 saturated heterocycles. The molecule has 1 aliphatic rings. The second kappa shape index (κ2) is 4.97. The summed E-state index contributed by atoms with van der Waals surface area (Å²) >= 11 is 1.76. The second-order valence-corrected chi connectivity index (χ2v) is 5.66. The van der Waals surface area contributed by atoms with Crippen molar-refractivity contribution >= 4 is 17.2 Å². The highest BCUT2D eigenvalue weighted by Gasteiger charge is 2.21.